The van der Waals surface area contributed by atoms with Crippen LogP contribution in [0.15, 0.2) is 6.20 Å². The van der Waals surface area contributed by atoms with E-state index in [1.165, 1.54) is 6.42 Å². The van der Waals surface area contributed by atoms with E-state index in [1.54, 1.807) is 4.68 Å². The zero-order valence-electron chi connectivity index (χ0n) is 10.7. The van der Waals surface area contributed by atoms with E-state index in [4.69, 9.17) is 5.73 Å². The molecule has 0 bridgehead atoms. The standard InChI is InChI=1S/C12H22N4O/c1-11(2,13)10-8-16(15-14-10)9-12(17)6-4-3-5-7-12/h8,17H,3-7,9,13H2,1-2H3. The molecule has 3 N–H and O–H groups in total. The molecule has 1 aliphatic carbocycles. The summed E-state index contributed by atoms with van der Waals surface area (Å²) in [5.41, 5.74) is 5.63. The third kappa shape index (κ3) is 3.04. The molecule has 0 radical (unpaired) electrons. The van der Waals surface area contributed by atoms with E-state index < -0.39 is 11.1 Å². The number of rotatable bonds is 3. The zero-order valence-corrected chi connectivity index (χ0v) is 10.7. The molecule has 1 heterocycles. The number of aliphatic hydroxyl groups is 1. The Bertz CT molecular complexity index is 374. The van der Waals surface area contributed by atoms with Gasteiger partial charge >= 0.3 is 0 Å². The van der Waals surface area contributed by atoms with Crippen LogP contribution in [0.2, 0.25) is 0 Å². The molecule has 0 saturated heterocycles. The average molecular weight is 238 g/mol. The monoisotopic (exact) mass is 238 g/mol. The molecule has 96 valence electrons. The van der Waals surface area contributed by atoms with Crippen LogP contribution in [0.1, 0.15) is 51.6 Å². The van der Waals surface area contributed by atoms with Crippen molar-refractivity contribution in [3.8, 4) is 0 Å². The highest BCUT2D eigenvalue weighted by Gasteiger charge is 2.30. The van der Waals surface area contributed by atoms with Crippen LogP contribution in [0.5, 0.6) is 0 Å². The molecular formula is C12H22N4O. The Balaban J connectivity index is 2.06. The average Bonchev–Trinajstić information content (AvgIpc) is 2.66. The summed E-state index contributed by atoms with van der Waals surface area (Å²) in [6, 6.07) is 0. The van der Waals surface area contributed by atoms with E-state index in [0.29, 0.717) is 6.54 Å². The van der Waals surface area contributed by atoms with Gasteiger partial charge in [0.05, 0.1) is 23.9 Å². The summed E-state index contributed by atoms with van der Waals surface area (Å²) in [6.45, 7) is 4.32. The second-order valence-corrected chi connectivity index (χ2v) is 5.81. The number of aromatic nitrogens is 3. The van der Waals surface area contributed by atoms with Crippen molar-refractivity contribution in [3.63, 3.8) is 0 Å². The molecule has 5 nitrogen and oxygen atoms in total. The van der Waals surface area contributed by atoms with Gasteiger partial charge in [-0.15, -0.1) is 5.10 Å². The highest BCUT2D eigenvalue weighted by Crippen LogP contribution is 2.29. The molecule has 5 heteroatoms. The maximum Gasteiger partial charge on any atom is 0.102 e. The van der Waals surface area contributed by atoms with Gasteiger partial charge in [-0.2, -0.15) is 0 Å². The Morgan fingerprint density at radius 3 is 2.59 bits per heavy atom. The first kappa shape index (κ1) is 12.5. The number of nitrogens with two attached hydrogens (primary N) is 1. The van der Waals surface area contributed by atoms with Crippen molar-refractivity contribution >= 4 is 0 Å². The topological polar surface area (TPSA) is 77.0 Å². The van der Waals surface area contributed by atoms with Gasteiger partial charge in [-0.25, -0.2) is 4.68 Å². The van der Waals surface area contributed by atoms with Crippen molar-refractivity contribution in [1.82, 2.24) is 15.0 Å². The van der Waals surface area contributed by atoms with Crippen LogP contribution in [0, 0.1) is 0 Å². The quantitative estimate of drug-likeness (QED) is 0.828. The minimum Gasteiger partial charge on any atom is -0.388 e. The smallest absolute Gasteiger partial charge is 0.102 e. The first-order chi connectivity index (χ1) is 7.89. The Morgan fingerprint density at radius 2 is 2.06 bits per heavy atom. The Labute approximate surface area is 102 Å². The SMILES string of the molecule is CC(C)(N)c1cn(CC2(O)CCCCC2)nn1. The van der Waals surface area contributed by atoms with Gasteiger partial charge in [0.1, 0.15) is 5.69 Å². The molecule has 0 unspecified atom stereocenters. The van der Waals surface area contributed by atoms with E-state index in [2.05, 4.69) is 10.3 Å². The molecule has 2 rings (SSSR count). The Hall–Kier alpha value is -0.940. The molecule has 0 aromatic carbocycles. The summed E-state index contributed by atoms with van der Waals surface area (Å²) >= 11 is 0. The minimum atomic E-state index is -0.609. The largest absolute Gasteiger partial charge is 0.388 e. The molecule has 1 saturated carbocycles. The third-order valence-corrected chi connectivity index (χ3v) is 3.44. The van der Waals surface area contributed by atoms with Crippen LogP contribution < -0.4 is 5.73 Å². The van der Waals surface area contributed by atoms with Crippen molar-refractivity contribution in [2.45, 2.75) is 63.6 Å². The minimum absolute atomic E-state index is 0.479. The van der Waals surface area contributed by atoms with Crippen LogP contribution in [0.3, 0.4) is 0 Å². The van der Waals surface area contributed by atoms with Crippen LogP contribution in [-0.4, -0.2) is 25.7 Å². The van der Waals surface area contributed by atoms with E-state index in [9.17, 15) is 5.11 Å². The summed E-state index contributed by atoms with van der Waals surface area (Å²) in [7, 11) is 0. The van der Waals surface area contributed by atoms with E-state index in [1.807, 2.05) is 20.0 Å². The molecule has 1 fully saturated rings. The second-order valence-electron chi connectivity index (χ2n) is 5.81. The normalized spacial score (nSPS) is 20.5. The van der Waals surface area contributed by atoms with Crippen LogP contribution in [-0.2, 0) is 12.1 Å². The summed E-state index contributed by atoms with van der Waals surface area (Å²) < 4.78 is 1.72. The fraction of sp³-hybridized carbons (Fsp3) is 0.833. The second kappa shape index (κ2) is 4.38. The van der Waals surface area contributed by atoms with E-state index in [-0.39, 0.29) is 0 Å². The van der Waals surface area contributed by atoms with Crippen molar-refractivity contribution in [2.24, 2.45) is 5.73 Å². The molecule has 1 aliphatic rings. The van der Waals surface area contributed by atoms with E-state index in [0.717, 1.165) is 31.4 Å². The summed E-state index contributed by atoms with van der Waals surface area (Å²) in [4.78, 5) is 0. The number of nitrogens with zero attached hydrogens (tertiary/aromatic N) is 3. The first-order valence-electron chi connectivity index (χ1n) is 6.31. The fourth-order valence-electron chi connectivity index (χ4n) is 2.34. The van der Waals surface area contributed by atoms with Crippen LogP contribution >= 0.6 is 0 Å². The summed E-state index contributed by atoms with van der Waals surface area (Å²) in [5, 5.41) is 18.5. The number of hydrogen-bond donors (Lipinski definition) is 2. The summed E-state index contributed by atoms with van der Waals surface area (Å²) in [5.74, 6) is 0. The first-order valence-corrected chi connectivity index (χ1v) is 6.31. The molecule has 0 amide bonds. The Kier molecular flexibility index (Phi) is 3.23. The Morgan fingerprint density at radius 1 is 1.41 bits per heavy atom. The van der Waals surface area contributed by atoms with Gasteiger partial charge in [-0.1, -0.05) is 24.5 Å². The highest BCUT2D eigenvalue weighted by atomic mass is 16.3. The maximum atomic E-state index is 10.4. The lowest BCUT2D eigenvalue weighted by Crippen LogP contribution is -2.36. The van der Waals surface area contributed by atoms with E-state index >= 15 is 0 Å². The predicted octanol–water partition coefficient (Wildman–Crippen LogP) is 1.17. The van der Waals surface area contributed by atoms with Gasteiger partial charge in [-0.05, 0) is 26.7 Å². The molecule has 0 atom stereocenters. The van der Waals surface area contributed by atoms with Crippen molar-refractivity contribution in [3.05, 3.63) is 11.9 Å². The molecule has 1 aromatic heterocycles. The lowest BCUT2D eigenvalue weighted by Gasteiger charge is -2.31. The van der Waals surface area contributed by atoms with Gasteiger partial charge in [-0.3, -0.25) is 0 Å². The molecular weight excluding hydrogens is 216 g/mol. The van der Waals surface area contributed by atoms with Crippen molar-refractivity contribution in [1.29, 1.82) is 0 Å². The van der Waals surface area contributed by atoms with Gasteiger partial charge in [0.15, 0.2) is 0 Å². The van der Waals surface area contributed by atoms with Crippen molar-refractivity contribution in [2.75, 3.05) is 0 Å². The van der Waals surface area contributed by atoms with Gasteiger partial charge in [0.2, 0.25) is 0 Å². The van der Waals surface area contributed by atoms with Gasteiger partial charge in [0, 0.05) is 0 Å². The predicted molar refractivity (Wildman–Crippen MR) is 65.3 cm³/mol. The molecule has 1 aromatic rings. The highest BCUT2D eigenvalue weighted by molar-refractivity contribution is 5.05. The van der Waals surface area contributed by atoms with Gasteiger partial charge < -0.3 is 10.8 Å². The third-order valence-electron chi connectivity index (χ3n) is 3.44. The van der Waals surface area contributed by atoms with Gasteiger partial charge in [0.25, 0.3) is 0 Å². The lowest BCUT2D eigenvalue weighted by molar-refractivity contribution is -0.0146. The fourth-order valence-corrected chi connectivity index (χ4v) is 2.34. The van der Waals surface area contributed by atoms with Crippen LogP contribution in [0.25, 0.3) is 0 Å². The molecule has 0 aliphatic heterocycles. The lowest BCUT2D eigenvalue weighted by atomic mass is 9.85. The molecule has 17 heavy (non-hydrogen) atoms. The zero-order chi connectivity index (χ0) is 12.5. The van der Waals surface area contributed by atoms with Crippen molar-refractivity contribution < 1.29 is 5.11 Å². The number of hydrogen-bond acceptors (Lipinski definition) is 4. The summed E-state index contributed by atoms with van der Waals surface area (Å²) in [6.07, 6.45) is 6.97. The molecule has 0 spiro atoms. The maximum absolute atomic E-state index is 10.4. The van der Waals surface area contributed by atoms with Crippen LogP contribution in [0.4, 0.5) is 0 Å².